The molecule has 0 aromatic heterocycles. The molecule has 1 aromatic carbocycles. The fourth-order valence-electron chi connectivity index (χ4n) is 2.75. The standard InChI is InChI=1S/C13H14O2/c1-8-3-2-4-11-10(8)6-5-9-7-12(11)15-13(9)14/h2-4,9,12H,5-7H2,1H3. The Bertz CT molecular complexity index is 423. The second-order valence-electron chi connectivity index (χ2n) is 4.54. The number of carbonyl (C=O) groups excluding carboxylic acids is 1. The highest BCUT2D eigenvalue weighted by molar-refractivity contribution is 5.75. The number of ether oxygens (including phenoxy) is 1. The fraction of sp³-hybridized carbons (Fsp3) is 0.462. The first-order valence-electron chi connectivity index (χ1n) is 5.54. The van der Waals surface area contributed by atoms with Gasteiger partial charge in [-0.1, -0.05) is 18.2 Å². The molecule has 2 unspecified atom stereocenters. The molecule has 0 N–H and O–H groups in total. The Kier molecular flexibility index (Phi) is 1.84. The van der Waals surface area contributed by atoms with Crippen LogP contribution in [0.5, 0.6) is 0 Å². The minimum absolute atomic E-state index is 0.00663. The molecule has 1 saturated heterocycles. The number of carbonyl (C=O) groups is 1. The maximum Gasteiger partial charge on any atom is 0.309 e. The van der Waals surface area contributed by atoms with E-state index in [1.54, 1.807) is 0 Å². The minimum Gasteiger partial charge on any atom is -0.457 e. The summed E-state index contributed by atoms with van der Waals surface area (Å²) in [5.41, 5.74) is 3.97. The molecule has 0 radical (unpaired) electrons. The van der Waals surface area contributed by atoms with Gasteiger partial charge in [-0.3, -0.25) is 4.79 Å². The molecule has 1 aliphatic heterocycles. The van der Waals surface area contributed by atoms with Crippen LogP contribution in [0.1, 0.15) is 35.6 Å². The maximum atomic E-state index is 11.5. The fourth-order valence-corrected chi connectivity index (χ4v) is 2.75. The largest absolute Gasteiger partial charge is 0.457 e. The highest BCUT2D eigenvalue weighted by atomic mass is 16.6. The van der Waals surface area contributed by atoms with E-state index in [1.807, 2.05) is 0 Å². The number of hydrogen-bond donors (Lipinski definition) is 0. The third kappa shape index (κ3) is 1.28. The first-order valence-corrected chi connectivity index (χ1v) is 5.54. The van der Waals surface area contributed by atoms with Gasteiger partial charge in [0, 0.05) is 6.42 Å². The number of esters is 1. The van der Waals surface area contributed by atoms with Crippen molar-refractivity contribution in [2.75, 3.05) is 0 Å². The van der Waals surface area contributed by atoms with E-state index in [4.69, 9.17) is 4.74 Å². The van der Waals surface area contributed by atoms with E-state index in [-0.39, 0.29) is 18.0 Å². The summed E-state index contributed by atoms with van der Waals surface area (Å²) in [6.45, 7) is 2.14. The van der Waals surface area contributed by atoms with Gasteiger partial charge >= 0.3 is 5.97 Å². The van der Waals surface area contributed by atoms with Crippen LogP contribution in [0.2, 0.25) is 0 Å². The average molecular weight is 202 g/mol. The van der Waals surface area contributed by atoms with Gasteiger partial charge < -0.3 is 4.74 Å². The van der Waals surface area contributed by atoms with E-state index in [0.29, 0.717) is 0 Å². The number of rotatable bonds is 0. The molecule has 1 aromatic rings. The summed E-state index contributed by atoms with van der Waals surface area (Å²) < 4.78 is 5.41. The Morgan fingerprint density at radius 1 is 1.40 bits per heavy atom. The van der Waals surface area contributed by atoms with E-state index in [9.17, 15) is 4.79 Å². The van der Waals surface area contributed by atoms with Gasteiger partial charge in [0.25, 0.3) is 0 Å². The summed E-state index contributed by atoms with van der Waals surface area (Å²) in [5, 5.41) is 0. The van der Waals surface area contributed by atoms with Crippen molar-refractivity contribution in [3.63, 3.8) is 0 Å². The lowest BCUT2D eigenvalue weighted by atomic mass is 9.96. The topological polar surface area (TPSA) is 26.3 Å². The third-order valence-electron chi connectivity index (χ3n) is 3.63. The van der Waals surface area contributed by atoms with Gasteiger partial charge in [0.2, 0.25) is 0 Å². The third-order valence-corrected chi connectivity index (χ3v) is 3.63. The summed E-state index contributed by atoms with van der Waals surface area (Å²) in [6, 6.07) is 6.30. The summed E-state index contributed by atoms with van der Waals surface area (Å²) in [7, 11) is 0. The second kappa shape index (κ2) is 3.09. The smallest absolute Gasteiger partial charge is 0.309 e. The zero-order valence-corrected chi connectivity index (χ0v) is 8.82. The Morgan fingerprint density at radius 3 is 3.13 bits per heavy atom. The minimum atomic E-state index is 0.00663. The molecule has 2 heteroatoms. The molecule has 2 aliphatic rings. The van der Waals surface area contributed by atoms with Gasteiger partial charge in [0.1, 0.15) is 6.10 Å². The number of fused-ring (bicyclic) bond motifs is 4. The molecule has 2 nitrogen and oxygen atoms in total. The van der Waals surface area contributed by atoms with Crippen LogP contribution in [-0.4, -0.2) is 5.97 Å². The van der Waals surface area contributed by atoms with E-state index in [2.05, 4.69) is 25.1 Å². The van der Waals surface area contributed by atoms with Crippen LogP contribution in [0.4, 0.5) is 0 Å². The van der Waals surface area contributed by atoms with Crippen LogP contribution >= 0.6 is 0 Å². The average Bonchev–Trinajstić information content (AvgIpc) is 2.45. The van der Waals surface area contributed by atoms with Gasteiger partial charge in [-0.2, -0.15) is 0 Å². The zero-order valence-electron chi connectivity index (χ0n) is 8.82. The summed E-state index contributed by atoms with van der Waals surface area (Å²) >= 11 is 0. The first-order chi connectivity index (χ1) is 7.25. The van der Waals surface area contributed by atoms with Crippen LogP contribution in [-0.2, 0) is 16.0 Å². The van der Waals surface area contributed by atoms with Crippen molar-refractivity contribution in [2.24, 2.45) is 5.92 Å². The predicted molar refractivity (Wildman–Crippen MR) is 56.4 cm³/mol. The van der Waals surface area contributed by atoms with Crippen molar-refractivity contribution in [1.82, 2.24) is 0 Å². The highest BCUT2D eigenvalue weighted by Gasteiger charge is 2.38. The maximum absolute atomic E-state index is 11.5. The van der Waals surface area contributed by atoms with Gasteiger partial charge in [-0.25, -0.2) is 0 Å². The van der Waals surface area contributed by atoms with Crippen molar-refractivity contribution in [3.8, 4) is 0 Å². The molecular formula is C13H14O2. The molecule has 0 saturated carbocycles. The lowest BCUT2D eigenvalue weighted by Crippen LogP contribution is -2.11. The summed E-state index contributed by atoms with van der Waals surface area (Å²) in [5.74, 6) is 0.147. The molecule has 78 valence electrons. The van der Waals surface area contributed by atoms with Crippen molar-refractivity contribution in [2.45, 2.75) is 32.3 Å². The van der Waals surface area contributed by atoms with Crippen molar-refractivity contribution in [1.29, 1.82) is 0 Å². The number of benzene rings is 1. The lowest BCUT2D eigenvalue weighted by Gasteiger charge is -2.16. The van der Waals surface area contributed by atoms with E-state index >= 15 is 0 Å². The highest BCUT2D eigenvalue weighted by Crippen LogP contribution is 2.41. The van der Waals surface area contributed by atoms with Crippen LogP contribution in [0.25, 0.3) is 0 Å². The van der Waals surface area contributed by atoms with Crippen molar-refractivity contribution in [3.05, 3.63) is 34.9 Å². The number of hydrogen-bond acceptors (Lipinski definition) is 2. The van der Waals surface area contributed by atoms with Gasteiger partial charge in [-0.05, 0) is 36.5 Å². The second-order valence-corrected chi connectivity index (χ2v) is 4.54. The van der Waals surface area contributed by atoms with E-state index in [1.165, 1.54) is 16.7 Å². The molecule has 15 heavy (non-hydrogen) atoms. The van der Waals surface area contributed by atoms with Crippen LogP contribution < -0.4 is 0 Å². The Hall–Kier alpha value is -1.31. The Morgan fingerprint density at radius 2 is 2.27 bits per heavy atom. The van der Waals surface area contributed by atoms with Crippen LogP contribution in [0.15, 0.2) is 18.2 Å². The first kappa shape index (κ1) is 8.96. The molecule has 3 rings (SSSR count). The molecule has 2 atom stereocenters. The Labute approximate surface area is 89.2 Å². The van der Waals surface area contributed by atoms with Crippen LogP contribution in [0, 0.1) is 12.8 Å². The normalized spacial score (nSPS) is 28.2. The quantitative estimate of drug-likeness (QED) is 0.604. The summed E-state index contributed by atoms with van der Waals surface area (Å²) in [4.78, 5) is 11.5. The van der Waals surface area contributed by atoms with Crippen molar-refractivity contribution < 1.29 is 9.53 Å². The van der Waals surface area contributed by atoms with E-state index in [0.717, 1.165) is 19.3 Å². The predicted octanol–water partition coefficient (Wildman–Crippen LogP) is 2.55. The summed E-state index contributed by atoms with van der Waals surface area (Å²) in [6.07, 6.45) is 2.89. The molecule has 1 fully saturated rings. The molecule has 2 bridgehead atoms. The Balaban J connectivity index is 2.11. The van der Waals surface area contributed by atoms with Gasteiger partial charge in [0.05, 0.1) is 5.92 Å². The zero-order chi connectivity index (χ0) is 10.4. The molecule has 1 aliphatic carbocycles. The van der Waals surface area contributed by atoms with Gasteiger partial charge in [-0.15, -0.1) is 0 Å². The number of aryl methyl sites for hydroxylation is 1. The van der Waals surface area contributed by atoms with Gasteiger partial charge in [0.15, 0.2) is 0 Å². The lowest BCUT2D eigenvalue weighted by molar-refractivity contribution is -0.144. The molecular weight excluding hydrogens is 188 g/mol. The molecule has 0 spiro atoms. The van der Waals surface area contributed by atoms with Crippen LogP contribution in [0.3, 0.4) is 0 Å². The molecule has 1 heterocycles. The molecule has 0 amide bonds. The monoisotopic (exact) mass is 202 g/mol. The van der Waals surface area contributed by atoms with Crippen molar-refractivity contribution >= 4 is 5.97 Å². The SMILES string of the molecule is Cc1cccc2c1CCC1CC2OC1=O. The van der Waals surface area contributed by atoms with E-state index < -0.39 is 0 Å².